The first-order valence-corrected chi connectivity index (χ1v) is 15.6. The van der Waals surface area contributed by atoms with Crippen LogP contribution in [-0.2, 0) is 23.3 Å². The fourth-order valence-corrected chi connectivity index (χ4v) is 6.59. The number of hydrogen-bond acceptors (Lipinski definition) is 8. The van der Waals surface area contributed by atoms with Gasteiger partial charge in [-0.15, -0.1) is 0 Å². The smallest absolute Gasteiger partial charge is 0.182 e. The molecule has 5 rings (SSSR count). The molecule has 2 aromatic heterocycles. The molecular weight excluding hydrogens is 526 g/mol. The summed E-state index contributed by atoms with van der Waals surface area (Å²) in [6.45, 7) is 7.54. The van der Waals surface area contributed by atoms with Gasteiger partial charge in [-0.3, -0.25) is 0 Å². The highest BCUT2D eigenvalue weighted by atomic mass is 32.2. The first-order valence-electron chi connectivity index (χ1n) is 14.1. The summed E-state index contributed by atoms with van der Waals surface area (Å²) in [7, 11) is -1.53. The summed E-state index contributed by atoms with van der Waals surface area (Å²) < 4.78 is 34.2. The van der Waals surface area contributed by atoms with Gasteiger partial charge in [0.2, 0.25) is 0 Å². The minimum absolute atomic E-state index is 0.226. The van der Waals surface area contributed by atoms with E-state index in [0.717, 1.165) is 60.4 Å². The topological polar surface area (TPSA) is 110 Å². The molecule has 1 aliphatic carbocycles. The molecule has 214 valence electrons. The highest BCUT2D eigenvalue weighted by Gasteiger charge is 2.28. The van der Waals surface area contributed by atoms with Crippen molar-refractivity contribution >= 4 is 32.4 Å². The number of rotatable bonds is 9. The number of benzene rings is 1. The minimum Gasteiger partial charge on any atom is -0.494 e. The maximum Gasteiger partial charge on any atom is 0.182 e. The average molecular weight is 566 g/mol. The van der Waals surface area contributed by atoms with Gasteiger partial charge in [0.25, 0.3) is 0 Å². The normalized spacial score (nSPS) is 16.8. The third-order valence-corrected chi connectivity index (χ3v) is 9.83. The fourth-order valence-electron chi connectivity index (χ4n) is 5.29. The van der Waals surface area contributed by atoms with Crippen LogP contribution in [0.25, 0.3) is 11.0 Å². The predicted octanol–water partition coefficient (Wildman–Crippen LogP) is 4.72. The van der Waals surface area contributed by atoms with Crippen LogP contribution in [0.5, 0.6) is 5.75 Å². The molecule has 1 saturated heterocycles. The third kappa shape index (κ3) is 5.74. The second-order valence-corrected chi connectivity index (χ2v) is 13.2. The number of allylic oxidation sites excluding steroid dienone is 2. The van der Waals surface area contributed by atoms with Gasteiger partial charge >= 0.3 is 0 Å². The van der Waals surface area contributed by atoms with Gasteiger partial charge in [0.05, 0.1) is 34.1 Å². The Balaban J connectivity index is 1.48. The van der Waals surface area contributed by atoms with Crippen LogP contribution >= 0.6 is 0 Å². The van der Waals surface area contributed by atoms with Crippen molar-refractivity contribution in [3.63, 3.8) is 0 Å². The van der Waals surface area contributed by atoms with Gasteiger partial charge in [0, 0.05) is 50.1 Å². The van der Waals surface area contributed by atoms with Crippen LogP contribution in [0.1, 0.15) is 57.8 Å². The van der Waals surface area contributed by atoms with E-state index in [1.807, 2.05) is 36.9 Å². The lowest BCUT2D eigenvalue weighted by molar-refractivity contribution is 0.145. The van der Waals surface area contributed by atoms with Crippen molar-refractivity contribution in [3.8, 4) is 5.75 Å². The minimum atomic E-state index is -3.46. The lowest BCUT2D eigenvalue weighted by Crippen LogP contribution is -2.35. The molecule has 2 aliphatic rings. The Bertz CT molecular complexity index is 1550. The van der Waals surface area contributed by atoms with E-state index in [0.29, 0.717) is 41.7 Å². The van der Waals surface area contributed by atoms with Crippen LogP contribution in [0.4, 0.5) is 11.5 Å². The fraction of sp³-hybridized carbons (Fsp3) is 0.467. The molecule has 0 bridgehead atoms. The van der Waals surface area contributed by atoms with Crippen molar-refractivity contribution in [2.75, 3.05) is 29.9 Å². The number of aliphatic hydroxyl groups is 1. The lowest BCUT2D eigenvalue weighted by atomic mass is 10.1. The summed E-state index contributed by atoms with van der Waals surface area (Å²) in [6, 6.07) is 8.17. The Labute approximate surface area is 236 Å². The highest BCUT2D eigenvalue weighted by Crippen LogP contribution is 2.32. The number of nitrogens with one attached hydrogen (secondary N) is 1. The van der Waals surface area contributed by atoms with Crippen LogP contribution in [0.2, 0.25) is 0 Å². The van der Waals surface area contributed by atoms with Crippen LogP contribution in [0.15, 0.2) is 53.2 Å². The molecule has 0 radical (unpaired) electrons. The summed E-state index contributed by atoms with van der Waals surface area (Å²) in [5, 5.41) is 12.7. The lowest BCUT2D eigenvalue weighted by Gasteiger charge is -2.32. The van der Waals surface area contributed by atoms with Crippen LogP contribution < -0.4 is 15.0 Å². The molecule has 3 aromatic rings. The monoisotopic (exact) mass is 565 g/mol. The van der Waals surface area contributed by atoms with E-state index in [4.69, 9.17) is 14.7 Å². The molecule has 2 N–H and O–H groups in total. The second kappa shape index (κ2) is 11.6. The molecule has 0 atom stereocenters. The Hall–Kier alpha value is -3.37. The van der Waals surface area contributed by atoms with Crippen molar-refractivity contribution < 1.29 is 18.3 Å². The van der Waals surface area contributed by atoms with Gasteiger partial charge < -0.3 is 24.6 Å². The van der Waals surface area contributed by atoms with Gasteiger partial charge in [-0.05, 0) is 58.6 Å². The number of sulfone groups is 1. The van der Waals surface area contributed by atoms with E-state index in [9.17, 15) is 13.5 Å². The maximum absolute atomic E-state index is 13.1. The molecule has 0 saturated carbocycles. The van der Waals surface area contributed by atoms with Crippen LogP contribution in [-0.4, -0.2) is 59.1 Å². The van der Waals surface area contributed by atoms with Gasteiger partial charge in [0.15, 0.2) is 15.7 Å². The molecule has 0 unspecified atom stereocenters. The number of hydrogen-bond donors (Lipinski definition) is 2. The molecule has 0 spiro atoms. The number of aliphatic hydroxyl groups excluding tert-OH is 1. The van der Waals surface area contributed by atoms with Gasteiger partial charge in [-0.2, -0.15) is 0 Å². The van der Waals surface area contributed by atoms with Crippen molar-refractivity contribution in [3.05, 3.63) is 64.6 Å². The van der Waals surface area contributed by atoms with E-state index in [1.54, 1.807) is 19.9 Å². The molecule has 0 amide bonds. The van der Waals surface area contributed by atoms with Crippen LogP contribution in [0, 0.1) is 0 Å². The summed E-state index contributed by atoms with van der Waals surface area (Å²) in [6.07, 6.45) is 8.88. The molecule has 1 aromatic carbocycles. The van der Waals surface area contributed by atoms with E-state index < -0.39 is 15.1 Å². The molecule has 9 nitrogen and oxygen atoms in total. The van der Waals surface area contributed by atoms with E-state index in [-0.39, 0.29) is 6.10 Å². The van der Waals surface area contributed by atoms with E-state index >= 15 is 0 Å². The molecule has 1 aliphatic heterocycles. The summed E-state index contributed by atoms with van der Waals surface area (Å²) in [5.74, 6) is 1.98. The number of piperidine rings is 1. The molecule has 1 fully saturated rings. The van der Waals surface area contributed by atoms with Gasteiger partial charge in [-0.1, -0.05) is 18.2 Å². The van der Waals surface area contributed by atoms with Crippen molar-refractivity contribution in [2.45, 2.75) is 64.2 Å². The zero-order valence-corrected chi connectivity index (χ0v) is 24.5. The maximum atomic E-state index is 13.1. The van der Waals surface area contributed by atoms with Crippen molar-refractivity contribution in [1.29, 1.82) is 0 Å². The molecule has 40 heavy (non-hydrogen) atoms. The van der Waals surface area contributed by atoms with Crippen LogP contribution in [0.3, 0.4) is 0 Å². The SMILES string of the molecule is CCOc1cc(N2CCC(O)CC2)ccc1Cc1nc(NC2=CCCC=C2S(=O)(=O)C(C)C)c2c(ccn2C)n1. The molecule has 10 heteroatoms. The molecule has 3 heterocycles. The van der Waals surface area contributed by atoms with Crippen molar-refractivity contribution in [1.82, 2.24) is 14.5 Å². The zero-order chi connectivity index (χ0) is 28.4. The van der Waals surface area contributed by atoms with Gasteiger partial charge in [0.1, 0.15) is 17.1 Å². The second-order valence-electron chi connectivity index (χ2n) is 10.8. The first kappa shape index (κ1) is 28.2. The number of ether oxygens (including phenoxy) is 1. The van der Waals surface area contributed by atoms with Crippen molar-refractivity contribution in [2.24, 2.45) is 7.05 Å². The number of anilines is 2. The Morgan fingerprint density at radius 2 is 1.88 bits per heavy atom. The summed E-state index contributed by atoms with van der Waals surface area (Å²) in [5.41, 5.74) is 4.21. The van der Waals surface area contributed by atoms with Gasteiger partial charge in [-0.25, -0.2) is 18.4 Å². The largest absolute Gasteiger partial charge is 0.494 e. The average Bonchev–Trinajstić information content (AvgIpc) is 3.31. The molecular formula is C30H39N5O4S. The van der Waals surface area contributed by atoms with E-state index in [2.05, 4.69) is 28.4 Å². The highest BCUT2D eigenvalue weighted by molar-refractivity contribution is 7.96. The Kier molecular flexibility index (Phi) is 8.19. The Morgan fingerprint density at radius 3 is 2.60 bits per heavy atom. The quantitative estimate of drug-likeness (QED) is 0.384. The standard InChI is InChI=1S/C30H39N5O4S/c1-5-39-26-19-22(35-16-12-23(36)13-17-35)11-10-21(26)18-28-31-25-14-15-34(4)29(25)30(33-28)32-24-8-6-7-9-27(24)40(37,38)20(2)3/h8-11,14-15,19-20,23,36H,5-7,12-13,16-18H2,1-4H3,(H,31,32,33). The number of aryl methyl sites for hydroxylation is 1. The summed E-state index contributed by atoms with van der Waals surface area (Å²) >= 11 is 0. The number of aromatic nitrogens is 3. The number of fused-ring (bicyclic) bond motifs is 1. The van der Waals surface area contributed by atoms with E-state index in [1.165, 1.54) is 0 Å². The Morgan fingerprint density at radius 1 is 1.12 bits per heavy atom. The predicted molar refractivity (Wildman–Crippen MR) is 159 cm³/mol. The summed E-state index contributed by atoms with van der Waals surface area (Å²) in [4.78, 5) is 12.4. The zero-order valence-electron chi connectivity index (χ0n) is 23.7. The third-order valence-electron chi connectivity index (χ3n) is 7.59. The number of nitrogens with zero attached hydrogens (tertiary/aromatic N) is 4. The first-order chi connectivity index (χ1) is 19.2.